The van der Waals surface area contributed by atoms with Crippen molar-refractivity contribution in [1.82, 2.24) is 0 Å². The maximum atomic E-state index is 13.3. The van der Waals surface area contributed by atoms with Crippen molar-refractivity contribution in [1.29, 1.82) is 0 Å². The van der Waals surface area contributed by atoms with Gasteiger partial charge in [-0.1, -0.05) is 36.7 Å². The minimum absolute atomic E-state index is 0.0566. The summed E-state index contributed by atoms with van der Waals surface area (Å²) in [5.41, 5.74) is 0.926. The highest BCUT2D eigenvalue weighted by Crippen LogP contribution is 2.45. The van der Waals surface area contributed by atoms with Gasteiger partial charge in [-0.3, -0.25) is 0 Å². The Balaban J connectivity index is 3.16. The Morgan fingerprint density at radius 1 is 1.44 bits per heavy atom. The van der Waals surface area contributed by atoms with Crippen LogP contribution in [0.25, 0.3) is 0 Å². The summed E-state index contributed by atoms with van der Waals surface area (Å²) in [6.45, 7) is 6.42. The van der Waals surface area contributed by atoms with Crippen LogP contribution < -0.4 is 4.74 Å². The molecule has 0 amide bonds. The molecule has 1 nitrogen and oxygen atoms in total. The van der Waals surface area contributed by atoms with E-state index in [9.17, 15) is 4.39 Å². The summed E-state index contributed by atoms with van der Waals surface area (Å²) < 4.78 is 18.5. The average molecular weight is 289 g/mol. The van der Waals surface area contributed by atoms with E-state index in [0.29, 0.717) is 0 Å². The average Bonchev–Trinajstić information content (AvgIpc) is 2.28. The Morgan fingerprint density at radius 2 is 2.06 bits per heavy atom. The molecular weight excluding hydrogens is 271 g/mol. The van der Waals surface area contributed by atoms with E-state index in [2.05, 4.69) is 36.7 Å². The van der Waals surface area contributed by atoms with E-state index in [4.69, 9.17) is 4.74 Å². The lowest BCUT2D eigenvalue weighted by Crippen LogP contribution is -2.17. The predicted molar refractivity (Wildman–Crippen MR) is 68.7 cm³/mol. The monoisotopic (exact) mass is 288 g/mol. The van der Waals surface area contributed by atoms with E-state index in [-0.39, 0.29) is 16.1 Å². The molecule has 0 N–H and O–H groups in total. The van der Waals surface area contributed by atoms with E-state index >= 15 is 0 Å². The van der Waals surface area contributed by atoms with Gasteiger partial charge in [-0.25, -0.2) is 4.39 Å². The zero-order valence-corrected chi connectivity index (χ0v) is 11.8. The fourth-order valence-corrected chi connectivity index (χ4v) is 2.18. The van der Waals surface area contributed by atoms with Crippen molar-refractivity contribution in [3.63, 3.8) is 0 Å². The lowest BCUT2D eigenvalue weighted by Gasteiger charge is -2.30. The standard InChI is InChI=1S/C13H18BrFO/c1-5-13(2,3)12(14)10-8-9(15)6-7-11(10)16-4/h6-8,12H,5H2,1-4H3. The second-order valence-electron chi connectivity index (χ2n) is 4.59. The van der Waals surface area contributed by atoms with Crippen molar-refractivity contribution < 1.29 is 9.13 Å². The normalized spacial score (nSPS) is 13.6. The summed E-state index contributed by atoms with van der Waals surface area (Å²) in [5, 5.41) is 0. The van der Waals surface area contributed by atoms with E-state index in [1.165, 1.54) is 12.1 Å². The topological polar surface area (TPSA) is 9.23 Å². The van der Waals surface area contributed by atoms with Gasteiger partial charge in [0.25, 0.3) is 0 Å². The number of rotatable bonds is 4. The first-order chi connectivity index (χ1) is 7.42. The molecule has 90 valence electrons. The Hall–Kier alpha value is -0.570. The minimum atomic E-state index is -0.229. The zero-order chi connectivity index (χ0) is 12.3. The molecule has 0 aromatic heterocycles. The molecule has 0 saturated carbocycles. The number of benzene rings is 1. The highest BCUT2D eigenvalue weighted by molar-refractivity contribution is 9.09. The fourth-order valence-electron chi connectivity index (χ4n) is 1.50. The summed E-state index contributed by atoms with van der Waals surface area (Å²) >= 11 is 3.65. The molecule has 0 heterocycles. The van der Waals surface area contributed by atoms with Gasteiger partial charge in [-0.05, 0) is 30.0 Å². The molecule has 0 fully saturated rings. The molecule has 1 aromatic carbocycles. The molecule has 3 heteroatoms. The molecule has 1 aromatic rings. The van der Waals surface area contributed by atoms with Crippen LogP contribution >= 0.6 is 15.9 Å². The summed E-state index contributed by atoms with van der Waals surface area (Å²) in [6, 6.07) is 4.63. The molecule has 0 aliphatic rings. The van der Waals surface area contributed by atoms with Gasteiger partial charge in [0.1, 0.15) is 11.6 Å². The van der Waals surface area contributed by atoms with Crippen LogP contribution in [-0.2, 0) is 0 Å². The first-order valence-corrected chi connectivity index (χ1v) is 6.31. The molecule has 0 aliphatic carbocycles. The Labute approximate surface area is 105 Å². The lowest BCUT2D eigenvalue weighted by molar-refractivity contribution is 0.334. The van der Waals surface area contributed by atoms with Crippen molar-refractivity contribution in [2.75, 3.05) is 7.11 Å². The van der Waals surface area contributed by atoms with Gasteiger partial charge in [0.2, 0.25) is 0 Å². The third kappa shape index (κ3) is 2.76. The highest BCUT2D eigenvalue weighted by atomic mass is 79.9. The van der Waals surface area contributed by atoms with E-state index in [1.807, 2.05) is 0 Å². The van der Waals surface area contributed by atoms with Gasteiger partial charge in [-0.2, -0.15) is 0 Å². The number of hydrogen-bond donors (Lipinski definition) is 0. The zero-order valence-electron chi connectivity index (χ0n) is 10.2. The number of alkyl halides is 1. The Kier molecular flexibility index (Phi) is 4.36. The van der Waals surface area contributed by atoms with Gasteiger partial charge in [-0.15, -0.1) is 0 Å². The summed E-state index contributed by atoms with van der Waals surface area (Å²) in [7, 11) is 1.61. The second kappa shape index (κ2) is 5.17. The van der Waals surface area contributed by atoms with Crippen LogP contribution in [0.2, 0.25) is 0 Å². The van der Waals surface area contributed by atoms with Gasteiger partial charge < -0.3 is 4.74 Å². The lowest BCUT2D eigenvalue weighted by atomic mass is 9.83. The number of hydrogen-bond acceptors (Lipinski definition) is 1. The third-order valence-corrected chi connectivity index (χ3v) is 4.79. The molecule has 1 atom stereocenters. The molecule has 0 radical (unpaired) electrons. The van der Waals surface area contributed by atoms with Crippen molar-refractivity contribution in [3.8, 4) is 5.75 Å². The molecule has 0 aliphatic heterocycles. The van der Waals surface area contributed by atoms with Crippen LogP contribution in [0.5, 0.6) is 5.75 Å². The van der Waals surface area contributed by atoms with Crippen molar-refractivity contribution in [3.05, 3.63) is 29.6 Å². The molecule has 0 saturated heterocycles. The SMILES string of the molecule is CCC(C)(C)C(Br)c1cc(F)ccc1OC. The van der Waals surface area contributed by atoms with E-state index in [0.717, 1.165) is 17.7 Å². The number of ether oxygens (including phenoxy) is 1. The van der Waals surface area contributed by atoms with Crippen LogP contribution in [0, 0.1) is 11.2 Å². The van der Waals surface area contributed by atoms with Crippen LogP contribution in [0.15, 0.2) is 18.2 Å². The van der Waals surface area contributed by atoms with Crippen molar-refractivity contribution in [2.45, 2.75) is 32.0 Å². The Bertz CT molecular complexity index is 363. The van der Waals surface area contributed by atoms with E-state index in [1.54, 1.807) is 13.2 Å². The van der Waals surface area contributed by atoms with Crippen LogP contribution in [0.4, 0.5) is 4.39 Å². The molecule has 0 spiro atoms. The molecule has 1 rings (SSSR count). The quantitative estimate of drug-likeness (QED) is 0.730. The van der Waals surface area contributed by atoms with Crippen LogP contribution in [0.1, 0.15) is 37.6 Å². The summed E-state index contributed by atoms with van der Waals surface area (Å²) in [4.78, 5) is 0.0793. The largest absolute Gasteiger partial charge is 0.496 e. The summed E-state index contributed by atoms with van der Waals surface area (Å²) in [6.07, 6.45) is 1.00. The first-order valence-electron chi connectivity index (χ1n) is 5.40. The van der Waals surface area contributed by atoms with Gasteiger partial charge >= 0.3 is 0 Å². The molecule has 1 unspecified atom stereocenters. The number of halogens is 2. The molecule has 16 heavy (non-hydrogen) atoms. The number of methoxy groups -OCH3 is 1. The highest BCUT2D eigenvalue weighted by Gasteiger charge is 2.29. The molecular formula is C13H18BrFO. The Morgan fingerprint density at radius 3 is 2.56 bits per heavy atom. The maximum absolute atomic E-state index is 13.3. The first kappa shape index (κ1) is 13.5. The smallest absolute Gasteiger partial charge is 0.123 e. The van der Waals surface area contributed by atoms with Crippen LogP contribution in [0.3, 0.4) is 0 Å². The predicted octanol–water partition coefficient (Wildman–Crippen LogP) is 4.71. The van der Waals surface area contributed by atoms with Crippen molar-refractivity contribution in [2.24, 2.45) is 5.41 Å². The fraction of sp³-hybridized carbons (Fsp3) is 0.538. The van der Waals surface area contributed by atoms with Gasteiger partial charge in [0.05, 0.1) is 7.11 Å². The second-order valence-corrected chi connectivity index (χ2v) is 5.51. The van der Waals surface area contributed by atoms with Crippen molar-refractivity contribution >= 4 is 15.9 Å². The van der Waals surface area contributed by atoms with Crippen LogP contribution in [-0.4, -0.2) is 7.11 Å². The van der Waals surface area contributed by atoms with E-state index < -0.39 is 0 Å². The third-order valence-electron chi connectivity index (χ3n) is 3.06. The molecule has 0 bridgehead atoms. The maximum Gasteiger partial charge on any atom is 0.123 e. The van der Waals surface area contributed by atoms with Gasteiger partial charge in [0, 0.05) is 10.4 Å². The summed E-state index contributed by atoms with van der Waals surface area (Å²) in [5.74, 6) is 0.497. The van der Waals surface area contributed by atoms with Gasteiger partial charge in [0.15, 0.2) is 0 Å². The minimum Gasteiger partial charge on any atom is -0.496 e.